The first-order chi connectivity index (χ1) is 10.0. The number of hydrogen-bond acceptors (Lipinski definition) is 5. The molecule has 7 nitrogen and oxygen atoms in total. The van der Waals surface area contributed by atoms with Gasteiger partial charge in [0.1, 0.15) is 11.5 Å². The van der Waals surface area contributed by atoms with E-state index in [1.54, 1.807) is 0 Å². The van der Waals surface area contributed by atoms with Crippen molar-refractivity contribution in [1.82, 2.24) is 5.32 Å². The number of nitrogens with one attached hydrogen (secondary N) is 2. The van der Waals surface area contributed by atoms with Gasteiger partial charge in [0.15, 0.2) is 0 Å². The van der Waals surface area contributed by atoms with Crippen molar-refractivity contribution in [3.63, 3.8) is 0 Å². The normalized spacial score (nSPS) is 9.90. The fourth-order valence-electron chi connectivity index (χ4n) is 1.48. The number of ether oxygens (including phenoxy) is 3. The second kappa shape index (κ2) is 8.33. The number of methoxy groups -OCH3 is 3. The van der Waals surface area contributed by atoms with Crippen LogP contribution in [-0.4, -0.2) is 46.3 Å². The number of halogens is 1. The minimum Gasteiger partial charge on any atom is -0.495 e. The lowest BCUT2D eigenvalue weighted by molar-refractivity contribution is -0.136. The molecule has 1 rings (SSSR count). The molecule has 0 radical (unpaired) electrons. The van der Waals surface area contributed by atoms with E-state index < -0.39 is 11.8 Å². The maximum atomic E-state index is 11.8. The summed E-state index contributed by atoms with van der Waals surface area (Å²) in [6, 6.07) is 2.96. The van der Waals surface area contributed by atoms with E-state index in [1.165, 1.54) is 33.5 Å². The van der Waals surface area contributed by atoms with Crippen LogP contribution < -0.4 is 20.1 Å². The summed E-state index contributed by atoms with van der Waals surface area (Å²) < 4.78 is 14.9. The van der Waals surface area contributed by atoms with Gasteiger partial charge >= 0.3 is 11.8 Å². The quantitative estimate of drug-likeness (QED) is 0.605. The van der Waals surface area contributed by atoms with E-state index >= 15 is 0 Å². The second-order valence-electron chi connectivity index (χ2n) is 3.89. The summed E-state index contributed by atoms with van der Waals surface area (Å²) in [6.45, 7) is 0.556. The molecule has 0 saturated heterocycles. The van der Waals surface area contributed by atoms with Crippen molar-refractivity contribution in [2.24, 2.45) is 0 Å². The SMILES string of the molecule is COCCNC(=O)C(=O)Nc1cc(OC)c(Cl)cc1OC. The van der Waals surface area contributed by atoms with Crippen LogP contribution in [0.5, 0.6) is 11.5 Å². The monoisotopic (exact) mass is 316 g/mol. The summed E-state index contributed by atoms with van der Waals surface area (Å²) >= 11 is 5.95. The maximum Gasteiger partial charge on any atom is 0.313 e. The fraction of sp³-hybridized carbons (Fsp3) is 0.385. The first kappa shape index (κ1) is 17.1. The van der Waals surface area contributed by atoms with E-state index in [2.05, 4.69) is 10.6 Å². The van der Waals surface area contributed by atoms with Crippen molar-refractivity contribution in [1.29, 1.82) is 0 Å². The topological polar surface area (TPSA) is 85.9 Å². The molecule has 0 unspecified atom stereocenters. The molecular formula is C13H17ClN2O5. The van der Waals surface area contributed by atoms with Gasteiger partial charge in [-0.15, -0.1) is 0 Å². The van der Waals surface area contributed by atoms with Crippen LogP contribution in [0.4, 0.5) is 5.69 Å². The maximum absolute atomic E-state index is 11.8. The van der Waals surface area contributed by atoms with Crippen molar-refractivity contribution < 1.29 is 23.8 Å². The lowest BCUT2D eigenvalue weighted by atomic mass is 10.2. The average Bonchev–Trinajstić information content (AvgIpc) is 2.48. The number of carbonyl (C=O) groups is 2. The van der Waals surface area contributed by atoms with E-state index in [1.807, 2.05) is 0 Å². The van der Waals surface area contributed by atoms with E-state index in [4.69, 9.17) is 25.8 Å². The van der Waals surface area contributed by atoms with Crippen LogP contribution in [0.3, 0.4) is 0 Å². The highest BCUT2D eigenvalue weighted by atomic mass is 35.5. The standard InChI is InChI=1S/C13H17ClN2O5/c1-19-5-4-15-12(17)13(18)16-9-7-10(20-2)8(14)6-11(9)21-3/h6-7H,4-5H2,1-3H3,(H,15,17)(H,16,18). The lowest BCUT2D eigenvalue weighted by Crippen LogP contribution is -2.37. The molecule has 2 amide bonds. The Bertz CT molecular complexity index is 522. The zero-order valence-corrected chi connectivity index (χ0v) is 12.7. The Balaban J connectivity index is 2.81. The average molecular weight is 317 g/mol. The first-order valence-corrected chi connectivity index (χ1v) is 6.41. The Kier molecular flexibility index (Phi) is 6.77. The largest absolute Gasteiger partial charge is 0.495 e. The molecule has 0 aromatic heterocycles. The molecule has 0 fully saturated rings. The third kappa shape index (κ3) is 4.80. The molecule has 2 N–H and O–H groups in total. The van der Waals surface area contributed by atoms with E-state index in [-0.39, 0.29) is 12.2 Å². The number of anilines is 1. The summed E-state index contributed by atoms with van der Waals surface area (Å²) in [4.78, 5) is 23.3. The third-order valence-electron chi connectivity index (χ3n) is 2.52. The molecule has 0 aliphatic carbocycles. The molecule has 21 heavy (non-hydrogen) atoms. The van der Waals surface area contributed by atoms with E-state index in [0.29, 0.717) is 23.1 Å². The van der Waals surface area contributed by atoms with E-state index in [0.717, 1.165) is 0 Å². The first-order valence-electron chi connectivity index (χ1n) is 6.03. The highest BCUT2D eigenvalue weighted by Gasteiger charge is 2.17. The van der Waals surface area contributed by atoms with Crippen LogP contribution in [-0.2, 0) is 14.3 Å². The fourth-order valence-corrected chi connectivity index (χ4v) is 1.71. The molecule has 0 atom stereocenters. The van der Waals surface area contributed by atoms with Gasteiger partial charge in [-0.05, 0) is 0 Å². The van der Waals surface area contributed by atoms with Gasteiger partial charge in [-0.1, -0.05) is 11.6 Å². The summed E-state index contributed by atoms with van der Waals surface area (Å²) in [5.74, 6) is -0.928. The zero-order chi connectivity index (χ0) is 15.8. The van der Waals surface area contributed by atoms with Gasteiger partial charge in [0.2, 0.25) is 0 Å². The second-order valence-corrected chi connectivity index (χ2v) is 4.30. The van der Waals surface area contributed by atoms with Gasteiger partial charge in [-0.25, -0.2) is 0 Å². The van der Waals surface area contributed by atoms with Crippen LogP contribution in [0.2, 0.25) is 5.02 Å². The predicted molar refractivity (Wildman–Crippen MR) is 78.1 cm³/mol. The zero-order valence-electron chi connectivity index (χ0n) is 12.0. The van der Waals surface area contributed by atoms with Crippen LogP contribution in [0.1, 0.15) is 0 Å². The molecular weight excluding hydrogens is 300 g/mol. The number of rotatable bonds is 6. The number of hydrogen-bond donors (Lipinski definition) is 2. The molecule has 0 saturated carbocycles. The molecule has 0 aliphatic heterocycles. The van der Waals surface area contributed by atoms with Crippen LogP contribution in [0, 0.1) is 0 Å². The number of benzene rings is 1. The number of amides is 2. The van der Waals surface area contributed by atoms with Crippen molar-refractivity contribution in [2.45, 2.75) is 0 Å². The van der Waals surface area contributed by atoms with Crippen LogP contribution in [0.25, 0.3) is 0 Å². The Morgan fingerprint density at radius 1 is 1.10 bits per heavy atom. The molecule has 116 valence electrons. The Morgan fingerprint density at radius 2 is 1.76 bits per heavy atom. The molecule has 0 heterocycles. The molecule has 0 spiro atoms. The molecule has 1 aromatic carbocycles. The molecule has 0 bridgehead atoms. The highest BCUT2D eigenvalue weighted by molar-refractivity contribution is 6.40. The van der Waals surface area contributed by atoms with Gasteiger partial charge in [0.05, 0.1) is 31.5 Å². The molecule has 8 heteroatoms. The van der Waals surface area contributed by atoms with Crippen molar-refractivity contribution >= 4 is 29.1 Å². The number of carbonyl (C=O) groups excluding carboxylic acids is 2. The van der Waals surface area contributed by atoms with Gasteiger partial charge in [-0.3, -0.25) is 9.59 Å². The minimum absolute atomic E-state index is 0.240. The Morgan fingerprint density at radius 3 is 2.33 bits per heavy atom. The van der Waals surface area contributed by atoms with Crippen LogP contribution >= 0.6 is 11.6 Å². The summed E-state index contributed by atoms with van der Waals surface area (Å²) in [5.41, 5.74) is 0.283. The van der Waals surface area contributed by atoms with E-state index in [9.17, 15) is 9.59 Å². The van der Waals surface area contributed by atoms with Crippen LogP contribution in [0.15, 0.2) is 12.1 Å². The van der Waals surface area contributed by atoms with Crippen molar-refractivity contribution in [3.05, 3.63) is 17.2 Å². The summed E-state index contributed by atoms with van der Waals surface area (Å²) in [7, 11) is 4.36. The van der Waals surface area contributed by atoms with Gasteiger partial charge in [0, 0.05) is 25.8 Å². The van der Waals surface area contributed by atoms with Gasteiger partial charge < -0.3 is 24.8 Å². The van der Waals surface area contributed by atoms with Crippen molar-refractivity contribution in [3.8, 4) is 11.5 Å². The Hall–Kier alpha value is -1.99. The highest BCUT2D eigenvalue weighted by Crippen LogP contribution is 2.35. The Labute approximate surface area is 127 Å². The van der Waals surface area contributed by atoms with Gasteiger partial charge in [-0.2, -0.15) is 0 Å². The smallest absolute Gasteiger partial charge is 0.313 e. The molecule has 1 aromatic rings. The lowest BCUT2D eigenvalue weighted by Gasteiger charge is -2.13. The summed E-state index contributed by atoms with van der Waals surface area (Å²) in [6.07, 6.45) is 0. The van der Waals surface area contributed by atoms with Crippen molar-refractivity contribution in [2.75, 3.05) is 39.8 Å². The van der Waals surface area contributed by atoms with Gasteiger partial charge in [0.25, 0.3) is 0 Å². The molecule has 0 aliphatic rings. The third-order valence-corrected chi connectivity index (χ3v) is 2.82. The predicted octanol–water partition coefficient (Wildman–Crippen LogP) is 1.06. The summed E-state index contributed by atoms with van der Waals surface area (Å²) in [5, 5.41) is 5.17. The minimum atomic E-state index is -0.825.